The maximum Gasteiger partial charge on any atom is 0.490 e. The van der Waals surface area contributed by atoms with Crippen molar-refractivity contribution in [2.75, 3.05) is 26.2 Å². The Morgan fingerprint density at radius 2 is 1.96 bits per heavy atom. The molecule has 0 bridgehead atoms. The molecule has 0 aliphatic carbocycles. The second kappa shape index (κ2) is 8.95. The van der Waals surface area contributed by atoms with Gasteiger partial charge in [-0.3, -0.25) is 9.69 Å². The summed E-state index contributed by atoms with van der Waals surface area (Å²) in [5.41, 5.74) is 0. The predicted octanol–water partition coefficient (Wildman–Crippen LogP) is 2.29. The van der Waals surface area contributed by atoms with E-state index in [2.05, 4.69) is 18.7 Å². The number of hydrogen-bond donors (Lipinski definition) is 1. The summed E-state index contributed by atoms with van der Waals surface area (Å²) in [5, 5.41) is 7.12. The number of aryl methyl sites for hydroxylation is 1. The van der Waals surface area contributed by atoms with Crippen LogP contribution in [-0.2, 0) is 20.9 Å². The number of alkyl halides is 3. The van der Waals surface area contributed by atoms with Crippen molar-refractivity contribution in [3.63, 3.8) is 0 Å². The normalized spacial score (nSPS) is 22.8. The third-order valence-corrected chi connectivity index (χ3v) is 4.43. The van der Waals surface area contributed by atoms with Gasteiger partial charge >= 0.3 is 12.1 Å². The molecule has 0 unspecified atom stereocenters. The van der Waals surface area contributed by atoms with Crippen molar-refractivity contribution in [2.24, 2.45) is 5.92 Å². The van der Waals surface area contributed by atoms with E-state index in [9.17, 15) is 18.0 Å². The van der Waals surface area contributed by atoms with E-state index in [1.54, 1.807) is 0 Å². The van der Waals surface area contributed by atoms with Crippen LogP contribution in [0.25, 0.3) is 0 Å². The van der Waals surface area contributed by atoms with Gasteiger partial charge in [-0.05, 0) is 25.0 Å². The lowest BCUT2D eigenvalue weighted by Gasteiger charge is -2.37. The fourth-order valence-electron chi connectivity index (χ4n) is 3.29. The Bertz CT molecular complexity index is 689. The SMILES string of the molecule is Cc1ccc(CN2C[C@@H]3[C@@H](C2)OCC(=O)N3CC(C)C)o1.O=C(O)C(F)(F)F. The van der Waals surface area contributed by atoms with Gasteiger partial charge in [-0.2, -0.15) is 13.2 Å². The number of carbonyl (C=O) groups is 2. The third-order valence-electron chi connectivity index (χ3n) is 4.43. The van der Waals surface area contributed by atoms with E-state index in [0.717, 1.165) is 37.7 Å². The first-order valence-corrected chi connectivity index (χ1v) is 8.96. The molecular weight excluding hydrogens is 381 g/mol. The molecule has 7 nitrogen and oxygen atoms in total. The number of carbonyl (C=O) groups excluding carboxylic acids is 1. The van der Waals surface area contributed by atoms with Crippen molar-refractivity contribution in [1.29, 1.82) is 0 Å². The van der Waals surface area contributed by atoms with Crippen molar-refractivity contribution < 1.29 is 37.0 Å². The van der Waals surface area contributed by atoms with Crippen LogP contribution in [0, 0.1) is 12.8 Å². The molecule has 3 heterocycles. The van der Waals surface area contributed by atoms with Crippen LogP contribution in [0.5, 0.6) is 0 Å². The number of likely N-dealkylation sites (tertiary alicyclic amines) is 1. The van der Waals surface area contributed by atoms with E-state index < -0.39 is 12.1 Å². The fourth-order valence-corrected chi connectivity index (χ4v) is 3.29. The van der Waals surface area contributed by atoms with Crippen molar-refractivity contribution in [3.05, 3.63) is 23.7 Å². The number of rotatable bonds is 4. The molecule has 2 saturated heterocycles. The van der Waals surface area contributed by atoms with Crippen LogP contribution in [0.2, 0.25) is 0 Å². The lowest BCUT2D eigenvalue weighted by molar-refractivity contribution is -0.192. The second-order valence-corrected chi connectivity index (χ2v) is 7.37. The third kappa shape index (κ3) is 5.96. The number of amides is 1. The van der Waals surface area contributed by atoms with E-state index in [4.69, 9.17) is 19.1 Å². The average molecular weight is 406 g/mol. The summed E-state index contributed by atoms with van der Waals surface area (Å²) in [7, 11) is 0. The Kier molecular flexibility index (Phi) is 7.11. The molecule has 0 spiro atoms. The molecular formula is C18H25F3N2O5. The van der Waals surface area contributed by atoms with Crippen LogP contribution in [0.1, 0.15) is 25.4 Å². The topological polar surface area (TPSA) is 83.2 Å². The molecule has 0 radical (unpaired) electrons. The first kappa shape index (κ1) is 22.2. The lowest BCUT2D eigenvalue weighted by atomic mass is 10.1. The first-order chi connectivity index (χ1) is 13.0. The van der Waals surface area contributed by atoms with Gasteiger partial charge < -0.3 is 19.2 Å². The Balaban J connectivity index is 0.000000345. The number of ether oxygens (including phenoxy) is 1. The summed E-state index contributed by atoms with van der Waals surface area (Å²) in [5.74, 6) is -0.232. The van der Waals surface area contributed by atoms with Gasteiger partial charge in [-0.15, -0.1) is 0 Å². The van der Waals surface area contributed by atoms with Crippen molar-refractivity contribution in [1.82, 2.24) is 9.80 Å². The largest absolute Gasteiger partial charge is 0.490 e. The summed E-state index contributed by atoms with van der Waals surface area (Å²) >= 11 is 0. The quantitative estimate of drug-likeness (QED) is 0.826. The zero-order valence-corrected chi connectivity index (χ0v) is 16.0. The molecule has 3 rings (SSSR count). The highest BCUT2D eigenvalue weighted by Gasteiger charge is 2.43. The van der Waals surface area contributed by atoms with Crippen LogP contribution in [0.3, 0.4) is 0 Å². The van der Waals surface area contributed by atoms with E-state index >= 15 is 0 Å². The van der Waals surface area contributed by atoms with Crippen LogP contribution in [0.15, 0.2) is 16.5 Å². The molecule has 1 aromatic rings. The molecule has 2 fully saturated rings. The van der Waals surface area contributed by atoms with E-state index in [-0.39, 0.29) is 24.7 Å². The molecule has 28 heavy (non-hydrogen) atoms. The lowest BCUT2D eigenvalue weighted by Crippen LogP contribution is -2.55. The molecule has 2 aliphatic heterocycles. The average Bonchev–Trinajstić information content (AvgIpc) is 3.16. The molecule has 158 valence electrons. The van der Waals surface area contributed by atoms with Gasteiger partial charge in [-0.25, -0.2) is 4.79 Å². The minimum absolute atomic E-state index is 0.126. The smallest absolute Gasteiger partial charge is 0.475 e. The maximum atomic E-state index is 12.1. The minimum atomic E-state index is -5.08. The number of nitrogens with zero attached hydrogens (tertiary/aromatic N) is 2. The second-order valence-electron chi connectivity index (χ2n) is 7.37. The van der Waals surface area contributed by atoms with E-state index in [1.165, 1.54) is 0 Å². The summed E-state index contributed by atoms with van der Waals surface area (Å²) in [6.07, 6.45) is -4.95. The van der Waals surface area contributed by atoms with Gasteiger partial charge in [0.2, 0.25) is 5.91 Å². The zero-order chi connectivity index (χ0) is 21.1. The van der Waals surface area contributed by atoms with E-state index in [0.29, 0.717) is 5.92 Å². The Labute approximate surface area is 161 Å². The first-order valence-electron chi connectivity index (χ1n) is 8.96. The zero-order valence-electron chi connectivity index (χ0n) is 16.0. The highest BCUT2D eigenvalue weighted by Crippen LogP contribution is 2.26. The van der Waals surface area contributed by atoms with Gasteiger partial charge in [-0.1, -0.05) is 13.8 Å². The summed E-state index contributed by atoms with van der Waals surface area (Å²) in [4.78, 5) is 25.3. The van der Waals surface area contributed by atoms with Crippen LogP contribution in [-0.4, -0.2) is 71.3 Å². The number of aliphatic carboxylic acids is 1. The molecule has 0 aromatic carbocycles. The van der Waals surface area contributed by atoms with Crippen LogP contribution >= 0.6 is 0 Å². The molecule has 1 N–H and O–H groups in total. The predicted molar refractivity (Wildman–Crippen MR) is 92.5 cm³/mol. The molecule has 2 atom stereocenters. The number of hydrogen-bond acceptors (Lipinski definition) is 5. The van der Waals surface area contributed by atoms with Gasteiger partial charge in [0.1, 0.15) is 18.1 Å². The Hall–Kier alpha value is -2.07. The number of halogens is 3. The van der Waals surface area contributed by atoms with Gasteiger partial charge in [0, 0.05) is 19.6 Å². The summed E-state index contributed by atoms with van der Waals surface area (Å²) in [6.45, 7) is 9.81. The van der Waals surface area contributed by atoms with Gasteiger partial charge in [0.05, 0.1) is 18.7 Å². The minimum Gasteiger partial charge on any atom is -0.475 e. The standard InChI is InChI=1S/C16H24N2O3.C2HF3O2/c1-11(2)6-18-14-8-17(7-13-5-4-12(3)21-13)9-15(14)20-10-16(18)19;3-2(4,5)1(6)7/h4-5,11,14-15H,6-10H2,1-3H3;(H,6,7)/t14-,15-;/m1./s1. The molecule has 1 aromatic heterocycles. The van der Waals surface area contributed by atoms with Crippen molar-refractivity contribution in [2.45, 2.75) is 45.6 Å². The monoisotopic (exact) mass is 406 g/mol. The summed E-state index contributed by atoms with van der Waals surface area (Å²) in [6, 6.07) is 4.20. The molecule has 0 saturated carbocycles. The van der Waals surface area contributed by atoms with E-state index in [1.807, 2.05) is 24.0 Å². The number of furan rings is 1. The number of carboxylic acid groups (broad SMARTS) is 1. The van der Waals surface area contributed by atoms with Gasteiger partial charge in [0.25, 0.3) is 0 Å². The molecule has 2 aliphatic rings. The molecule has 1 amide bonds. The van der Waals surface area contributed by atoms with Gasteiger partial charge in [0.15, 0.2) is 0 Å². The fraction of sp³-hybridized carbons (Fsp3) is 0.667. The van der Waals surface area contributed by atoms with Crippen molar-refractivity contribution in [3.8, 4) is 0 Å². The Morgan fingerprint density at radius 1 is 1.32 bits per heavy atom. The van der Waals surface area contributed by atoms with Crippen molar-refractivity contribution >= 4 is 11.9 Å². The Morgan fingerprint density at radius 3 is 2.46 bits per heavy atom. The van der Waals surface area contributed by atoms with Crippen LogP contribution in [0.4, 0.5) is 13.2 Å². The highest BCUT2D eigenvalue weighted by atomic mass is 19.4. The maximum absolute atomic E-state index is 12.1. The number of carboxylic acids is 1. The van der Waals surface area contributed by atoms with Crippen LogP contribution < -0.4 is 0 Å². The highest BCUT2D eigenvalue weighted by molar-refractivity contribution is 5.78. The molecule has 10 heteroatoms. The number of fused-ring (bicyclic) bond motifs is 1. The number of morpholine rings is 1. The summed E-state index contributed by atoms with van der Waals surface area (Å²) < 4.78 is 43.1.